The Morgan fingerprint density at radius 3 is 2.60 bits per heavy atom. The largest absolute Gasteiger partial charge is 0.419 e. The summed E-state index contributed by atoms with van der Waals surface area (Å²) in [6, 6.07) is 12.4. The molecule has 0 spiro atoms. The number of carbonyl (C=O) groups is 1. The number of unbranched alkanes of at least 4 members (excludes halogenated alkanes) is 1. The van der Waals surface area contributed by atoms with Crippen molar-refractivity contribution in [2.75, 3.05) is 6.54 Å². The van der Waals surface area contributed by atoms with E-state index in [1.165, 1.54) is 29.8 Å². The minimum Gasteiger partial charge on any atom is -0.408 e. The van der Waals surface area contributed by atoms with Gasteiger partial charge in [0.1, 0.15) is 6.04 Å². The highest BCUT2D eigenvalue weighted by Gasteiger charge is 2.26. The molecule has 1 amide bonds. The summed E-state index contributed by atoms with van der Waals surface area (Å²) >= 11 is 0. The second-order valence-corrected chi connectivity index (χ2v) is 8.78. The van der Waals surface area contributed by atoms with E-state index in [4.69, 9.17) is 4.42 Å². The Hall–Kier alpha value is -2.91. The minimum atomic E-state index is -4.03. The molecule has 9 heteroatoms. The number of hydrogen-bond donors (Lipinski definition) is 2. The third-order valence-corrected chi connectivity index (χ3v) is 6.27. The average molecular weight is 432 g/mol. The molecule has 0 saturated heterocycles. The highest BCUT2D eigenvalue weighted by molar-refractivity contribution is 7.89. The van der Waals surface area contributed by atoms with E-state index < -0.39 is 21.8 Å². The van der Waals surface area contributed by atoms with Crippen LogP contribution in [0.15, 0.2) is 62.6 Å². The second-order valence-electron chi connectivity index (χ2n) is 7.06. The molecule has 2 aromatic carbocycles. The van der Waals surface area contributed by atoms with Crippen molar-refractivity contribution in [3.63, 3.8) is 0 Å². The SMILES string of the molecule is CCCCNC(=O)C(Cc1ccccc1)NS(=O)(=O)c1ccc2c(c1)oc(=O)n2C. The molecule has 160 valence electrons. The number of carbonyl (C=O) groups excluding carboxylic acids is 1. The van der Waals surface area contributed by atoms with Crippen molar-refractivity contribution in [1.82, 2.24) is 14.6 Å². The molecule has 0 radical (unpaired) electrons. The lowest BCUT2D eigenvalue weighted by molar-refractivity contribution is -0.122. The van der Waals surface area contributed by atoms with Crippen LogP contribution in [0.1, 0.15) is 25.3 Å². The molecule has 8 nitrogen and oxygen atoms in total. The molecule has 1 aromatic heterocycles. The number of rotatable bonds is 9. The molecule has 0 fully saturated rings. The van der Waals surface area contributed by atoms with Gasteiger partial charge in [0, 0.05) is 19.7 Å². The van der Waals surface area contributed by atoms with Crippen LogP contribution in [0.25, 0.3) is 11.1 Å². The van der Waals surface area contributed by atoms with Crippen LogP contribution in [0.5, 0.6) is 0 Å². The second kappa shape index (κ2) is 9.27. The summed E-state index contributed by atoms with van der Waals surface area (Å²) in [6.45, 7) is 2.48. The van der Waals surface area contributed by atoms with Gasteiger partial charge in [0.25, 0.3) is 0 Å². The monoisotopic (exact) mass is 431 g/mol. The van der Waals surface area contributed by atoms with E-state index in [9.17, 15) is 18.0 Å². The van der Waals surface area contributed by atoms with E-state index in [0.717, 1.165) is 18.4 Å². The highest BCUT2D eigenvalue weighted by Crippen LogP contribution is 2.18. The van der Waals surface area contributed by atoms with Crippen LogP contribution < -0.4 is 15.8 Å². The number of hydrogen-bond acceptors (Lipinski definition) is 5. The third kappa shape index (κ3) is 4.98. The summed E-state index contributed by atoms with van der Waals surface area (Å²) in [6.07, 6.45) is 1.93. The quantitative estimate of drug-likeness (QED) is 0.503. The van der Waals surface area contributed by atoms with Crippen LogP contribution in [0, 0.1) is 0 Å². The Morgan fingerprint density at radius 1 is 1.17 bits per heavy atom. The van der Waals surface area contributed by atoms with Crippen molar-refractivity contribution < 1.29 is 17.6 Å². The van der Waals surface area contributed by atoms with Crippen molar-refractivity contribution >= 4 is 27.0 Å². The number of fused-ring (bicyclic) bond motifs is 1. The number of sulfonamides is 1. The Kier molecular flexibility index (Phi) is 6.73. The Morgan fingerprint density at radius 2 is 1.90 bits per heavy atom. The smallest absolute Gasteiger partial charge is 0.408 e. The maximum absolute atomic E-state index is 13.0. The molecule has 30 heavy (non-hydrogen) atoms. The average Bonchev–Trinajstić information content (AvgIpc) is 3.01. The molecule has 1 unspecified atom stereocenters. The number of nitrogens with one attached hydrogen (secondary N) is 2. The Bertz CT molecular complexity index is 1180. The molecule has 0 aliphatic rings. The van der Waals surface area contributed by atoms with Gasteiger partial charge in [0.05, 0.1) is 10.4 Å². The first-order valence-electron chi connectivity index (χ1n) is 9.75. The topological polar surface area (TPSA) is 110 Å². The lowest BCUT2D eigenvalue weighted by Crippen LogP contribution is -2.48. The van der Waals surface area contributed by atoms with Crippen molar-refractivity contribution in [1.29, 1.82) is 0 Å². The van der Waals surface area contributed by atoms with Crippen LogP contribution in [-0.4, -0.2) is 31.5 Å². The third-order valence-electron chi connectivity index (χ3n) is 4.80. The van der Waals surface area contributed by atoms with Gasteiger partial charge >= 0.3 is 5.76 Å². The fourth-order valence-corrected chi connectivity index (χ4v) is 4.30. The van der Waals surface area contributed by atoms with Crippen molar-refractivity contribution in [2.45, 2.75) is 37.1 Å². The number of aromatic nitrogens is 1. The molecular formula is C21H25N3O5S. The van der Waals surface area contributed by atoms with Crippen LogP contribution >= 0.6 is 0 Å². The maximum atomic E-state index is 13.0. The number of aryl methyl sites for hydroxylation is 1. The lowest BCUT2D eigenvalue weighted by Gasteiger charge is -2.19. The zero-order valence-corrected chi connectivity index (χ0v) is 17.7. The van der Waals surface area contributed by atoms with Gasteiger partial charge in [-0.25, -0.2) is 13.2 Å². The van der Waals surface area contributed by atoms with Crippen molar-refractivity contribution in [3.8, 4) is 0 Å². The summed E-state index contributed by atoms with van der Waals surface area (Å²) < 4.78 is 34.8. The van der Waals surface area contributed by atoms with Gasteiger partial charge in [-0.2, -0.15) is 4.72 Å². The first kappa shape index (κ1) is 21.8. The van der Waals surface area contributed by atoms with E-state index >= 15 is 0 Å². The van der Waals surface area contributed by atoms with Crippen molar-refractivity contribution in [2.24, 2.45) is 7.05 Å². The molecule has 3 aromatic rings. The summed E-state index contributed by atoms with van der Waals surface area (Å²) in [5, 5.41) is 2.79. The van der Waals surface area contributed by atoms with Gasteiger partial charge in [-0.15, -0.1) is 0 Å². The Labute approximate surface area is 174 Å². The molecule has 0 aliphatic carbocycles. The van der Waals surface area contributed by atoms with Gasteiger partial charge < -0.3 is 9.73 Å². The normalized spacial score (nSPS) is 12.7. The molecule has 2 N–H and O–H groups in total. The first-order chi connectivity index (χ1) is 14.3. The van der Waals surface area contributed by atoms with E-state index in [0.29, 0.717) is 12.1 Å². The van der Waals surface area contributed by atoms with Gasteiger partial charge in [-0.05, 0) is 30.5 Å². The first-order valence-corrected chi connectivity index (χ1v) is 11.2. The Balaban J connectivity index is 1.87. The summed E-state index contributed by atoms with van der Waals surface area (Å²) in [5.74, 6) is -0.965. The predicted octanol–water partition coefficient (Wildman–Crippen LogP) is 1.94. The van der Waals surface area contributed by atoms with E-state index in [-0.39, 0.29) is 22.8 Å². The number of amides is 1. The molecule has 0 bridgehead atoms. The fraction of sp³-hybridized carbons (Fsp3) is 0.333. The van der Waals surface area contributed by atoms with E-state index in [2.05, 4.69) is 10.0 Å². The maximum Gasteiger partial charge on any atom is 0.419 e. The highest BCUT2D eigenvalue weighted by atomic mass is 32.2. The molecule has 3 rings (SSSR count). The molecule has 1 atom stereocenters. The van der Waals surface area contributed by atoms with E-state index in [1.807, 2.05) is 37.3 Å². The number of oxazole rings is 1. The molecule has 1 heterocycles. The fourth-order valence-electron chi connectivity index (χ4n) is 3.09. The van der Waals surface area contributed by atoms with Gasteiger partial charge in [-0.3, -0.25) is 9.36 Å². The number of benzene rings is 2. The van der Waals surface area contributed by atoms with Crippen molar-refractivity contribution in [3.05, 3.63) is 64.6 Å². The van der Waals surface area contributed by atoms with Gasteiger partial charge in [0.15, 0.2) is 5.58 Å². The van der Waals surface area contributed by atoms with Gasteiger partial charge in [-0.1, -0.05) is 43.7 Å². The summed E-state index contributed by atoms with van der Waals surface area (Å²) in [5.41, 5.74) is 1.48. The molecule has 0 aliphatic heterocycles. The van der Waals surface area contributed by atoms with E-state index in [1.54, 1.807) is 0 Å². The number of nitrogens with zero attached hydrogens (tertiary/aromatic N) is 1. The molecular weight excluding hydrogens is 406 g/mol. The minimum absolute atomic E-state index is 0.0798. The van der Waals surface area contributed by atoms with Crippen LogP contribution in [0.3, 0.4) is 0 Å². The summed E-state index contributed by atoms with van der Waals surface area (Å²) in [4.78, 5) is 24.3. The van der Waals surface area contributed by atoms with Gasteiger partial charge in [0.2, 0.25) is 15.9 Å². The lowest BCUT2D eigenvalue weighted by atomic mass is 10.1. The standard InChI is InChI=1S/C21H25N3O5S/c1-3-4-12-22-20(25)17(13-15-8-6-5-7-9-15)23-30(27,28)16-10-11-18-19(14-16)29-21(26)24(18)2/h5-11,14,17,23H,3-4,12-13H2,1-2H3,(H,22,25). The van der Waals surface area contributed by atoms with Crippen LogP contribution in [0.4, 0.5) is 0 Å². The zero-order chi connectivity index (χ0) is 21.7. The zero-order valence-electron chi connectivity index (χ0n) is 16.9. The predicted molar refractivity (Wildman–Crippen MR) is 114 cm³/mol. The molecule has 0 saturated carbocycles. The van der Waals surface area contributed by atoms with Crippen LogP contribution in [-0.2, 0) is 28.3 Å². The summed E-state index contributed by atoms with van der Waals surface area (Å²) in [7, 11) is -2.49. The van der Waals surface area contributed by atoms with Crippen LogP contribution in [0.2, 0.25) is 0 Å².